The van der Waals surface area contributed by atoms with E-state index in [0.29, 0.717) is 40.2 Å². The molecule has 0 atom stereocenters. The summed E-state index contributed by atoms with van der Waals surface area (Å²) in [5.41, 5.74) is 2.92. The van der Waals surface area contributed by atoms with Crippen LogP contribution in [0.15, 0.2) is 42.6 Å². The first kappa shape index (κ1) is 17.2. The molecule has 26 heavy (non-hydrogen) atoms. The molecule has 3 aromatic rings. The summed E-state index contributed by atoms with van der Waals surface area (Å²) in [6, 6.07) is 11.9. The number of aryl methyl sites for hydroxylation is 1. The number of imidazole rings is 1. The van der Waals surface area contributed by atoms with Crippen LogP contribution in [0, 0.1) is 6.92 Å². The predicted molar refractivity (Wildman–Crippen MR) is 105 cm³/mol. The number of amides is 1. The Kier molecular flexibility index (Phi) is 4.51. The van der Waals surface area contributed by atoms with Gasteiger partial charge in [-0.2, -0.15) is 0 Å². The number of halogens is 2. The fraction of sp³-hybridized carbons (Fsp3) is 0.263. The van der Waals surface area contributed by atoms with Gasteiger partial charge in [0, 0.05) is 38.1 Å². The van der Waals surface area contributed by atoms with Crippen molar-refractivity contribution in [1.82, 2.24) is 14.3 Å². The zero-order valence-corrected chi connectivity index (χ0v) is 15.8. The van der Waals surface area contributed by atoms with Gasteiger partial charge in [-0.05, 0) is 25.1 Å². The van der Waals surface area contributed by atoms with Crippen molar-refractivity contribution in [1.29, 1.82) is 0 Å². The first-order chi connectivity index (χ1) is 12.5. The normalized spacial score (nSPS) is 14.9. The minimum Gasteiger partial charge on any atom is -0.368 e. The number of nitrogens with zero attached hydrogens (tertiary/aromatic N) is 4. The number of rotatable bonds is 2. The molecule has 134 valence electrons. The third-order valence-corrected chi connectivity index (χ3v) is 5.19. The number of hydrogen-bond donors (Lipinski definition) is 0. The molecule has 0 unspecified atom stereocenters. The average Bonchev–Trinajstić information content (AvgIpc) is 2.98. The topological polar surface area (TPSA) is 40.9 Å². The molecule has 0 N–H and O–H groups in total. The maximum atomic E-state index is 13.1. The number of pyridine rings is 1. The number of carbonyl (C=O) groups excluding carboxylic acids is 1. The molecule has 1 aliphatic rings. The van der Waals surface area contributed by atoms with Crippen LogP contribution in [0.1, 0.15) is 16.2 Å². The van der Waals surface area contributed by atoms with Crippen molar-refractivity contribution in [3.8, 4) is 0 Å². The fourth-order valence-corrected chi connectivity index (χ4v) is 3.91. The summed E-state index contributed by atoms with van der Waals surface area (Å²) in [4.78, 5) is 21.7. The van der Waals surface area contributed by atoms with E-state index in [1.165, 1.54) is 5.69 Å². The van der Waals surface area contributed by atoms with E-state index < -0.39 is 0 Å². The molecule has 4 rings (SSSR count). The van der Waals surface area contributed by atoms with Gasteiger partial charge in [0.1, 0.15) is 5.69 Å². The van der Waals surface area contributed by atoms with Crippen molar-refractivity contribution >= 4 is 40.4 Å². The van der Waals surface area contributed by atoms with Crippen molar-refractivity contribution in [2.75, 3.05) is 31.1 Å². The number of para-hydroxylation sites is 1. The molecule has 1 amide bonds. The van der Waals surface area contributed by atoms with Gasteiger partial charge in [0.25, 0.3) is 5.91 Å². The van der Waals surface area contributed by atoms with Crippen molar-refractivity contribution in [3.63, 3.8) is 0 Å². The smallest absolute Gasteiger partial charge is 0.272 e. The SMILES string of the molecule is Cc1nc2c(Cl)cc(Cl)cn2c1C(=O)N1CCN(c2ccccc2)CC1. The molecule has 3 heterocycles. The Hall–Kier alpha value is -2.24. The summed E-state index contributed by atoms with van der Waals surface area (Å²) in [5, 5.41) is 0.913. The van der Waals surface area contributed by atoms with Crippen molar-refractivity contribution in [3.05, 3.63) is 64.0 Å². The van der Waals surface area contributed by atoms with Crippen LogP contribution in [0.2, 0.25) is 10.0 Å². The Morgan fingerprint density at radius 1 is 1.08 bits per heavy atom. The van der Waals surface area contributed by atoms with Crippen LogP contribution in [0.25, 0.3) is 5.65 Å². The molecule has 1 aliphatic heterocycles. The Balaban J connectivity index is 1.58. The fourth-order valence-electron chi connectivity index (χ4n) is 3.40. The lowest BCUT2D eigenvalue weighted by Crippen LogP contribution is -2.49. The largest absolute Gasteiger partial charge is 0.368 e. The van der Waals surface area contributed by atoms with Crippen LogP contribution >= 0.6 is 23.2 Å². The number of anilines is 1. The second-order valence-corrected chi connectivity index (χ2v) is 7.20. The van der Waals surface area contributed by atoms with Crippen molar-refractivity contribution < 1.29 is 4.79 Å². The third kappa shape index (κ3) is 3.02. The second-order valence-electron chi connectivity index (χ2n) is 6.36. The maximum Gasteiger partial charge on any atom is 0.272 e. The van der Waals surface area contributed by atoms with Gasteiger partial charge in [-0.25, -0.2) is 4.98 Å². The van der Waals surface area contributed by atoms with Crippen LogP contribution in [-0.4, -0.2) is 46.4 Å². The Morgan fingerprint density at radius 3 is 2.46 bits per heavy atom. The van der Waals surface area contributed by atoms with Gasteiger partial charge in [0.05, 0.1) is 15.7 Å². The van der Waals surface area contributed by atoms with Crippen LogP contribution in [0.3, 0.4) is 0 Å². The summed E-state index contributed by atoms with van der Waals surface area (Å²) in [6.07, 6.45) is 1.69. The number of carbonyl (C=O) groups is 1. The molecular formula is C19H18Cl2N4O. The molecule has 0 spiro atoms. The summed E-state index contributed by atoms with van der Waals surface area (Å²) in [7, 11) is 0. The van der Waals surface area contributed by atoms with Crippen molar-refractivity contribution in [2.45, 2.75) is 6.92 Å². The highest BCUT2D eigenvalue weighted by Gasteiger charge is 2.27. The van der Waals surface area contributed by atoms with Crippen LogP contribution in [0.4, 0.5) is 5.69 Å². The summed E-state index contributed by atoms with van der Waals surface area (Å²) in [6.45, 7) is 4.74. The maximum absolute atomic E-state index is 13.1. The molecule has 2 aromatic heterocycles. The minimum atomic E-state index is -0.0407. The summed E-state index contributed by atoms with van der Waals surface area (Å²) >= 11 is 12.3. The number of benzene rings is 1. The van der Waals surface area contributed by atoms with Gasteiger partial charge < -0.3 is 9.80 Å². The second kappa shape index (κ2) is 6.82. The van der Waals surface area contributed by atoms with Gasteiger partial charge in [-0.3, -0.25) is 9.20 Å². The molecule has 1 saturated heterocycles. The van der Waals surface area contributed by atoms with Crippen LogP contribution in [-0.2, 0) is 0 Å². The number of hydrogen-bond acceptors (Lipinski definition) is 3. The highest BCUT2D eigenvalue weighted by atomic mass is 35.5. The van der Waals surface area contributed by atoms with Crippen LogP contribution < -0.4 is 4.90 Å². The lowest BCUT2D eigenvalue weighted by atomic mass is 10.2. The first-order valence-corrected chi connectivity index (χ1v) is 9.23. The number of aromatic nitrogens is 2. The monoisotopic (exact) mass is 388 g/mol. The molecule has 0 saturated carbocycles. The molecule has 7 heteroatoms. The average molecular weight is 389 g/mol. The van der Waals surface area contributed by atoms with E-state index in [9.17, 15) is 4.79 Å². The quantitative estimate of drug-likeness (QED) is 0.667. The zero-order valence-electron chi connectivity index (χ0n) is 14.3. The highest BCUT2D eigenvalue weighted by Crippen LogP contribution is 2.25. The molecule has 0 aliphatic carbocycles. The number of fused-ring (bicyclic) bond motifs is 1. The van der Waals surface area contributed by atoms with Gasteiger partial charge in [0.2, 0.25) is 0 Å². The van der Waals surface area contributed by atoms with Crippen molar-refractivity contribution in [2.24, 2.45) is 0 Å². The molecule has 5 nitrogen and oxygen atoms in total. The van der Waals surface area contributed by atoms with E-state index >= 15 is 0 Å². The van der Waals surface area contributed by atoms with E-state index in [0.717, 1.165) is 13.1 Å². The predicted octanol–water partition coefficient (Wildman–Crippen LogP) is 3.91. The van der Waals surface area contributed by atoms with E-state index in [-0.39, 0.29) is 5.91 Å². The van der Waals surface area contributed by atoms with E-state index in [2.05, 4.69) is 22.0 Å². The lowest BCUT2D eigenvalue weighted by molar-refractivity contribution is 0.0739. The first-order valence-electron chi connectivity index (χ1n) is 8.47. The van der Waals surface area contributed by atoms with E-state index in [1.807, 2.05) is 30.0 Å². The minimum absolute atomic E-state index is 0.0407. The van der Waals surface area contributed by atoms with Gasteiger partial charge in [-0.15, -0.1) is 0 Å². The standard InChI is InChI=1S/C19H18Cl2N4O/c1-13-17(25-12-14(20)11-16(21)18(25)22-13)19(26)24-9-7-23(8-10-24)15-5-3-2-4-6-15/h2-6,11-12H,7-10H2,1H3. The molecule has 0 radical (unpaired) electrons. The van der Waals surface area contributed by atoms with Gasteiger partial charge in [0.15, 0.2) is 5.65 Å². The van der Waals surface area contributed by atoms with Crippen LogP contribution in [0.5, 0.6) is 0 Å². The molecule has 1 aromatic carbocycles. The Bertz CT molecular complexity index is 963. The zero-order chi connectivity index (χ0) is 18.3. The molecular weight excluding hydrogens is 371 g/mol. The van der Waals surface area contributed by atoms with Gasteiger partial charge in [-0.1, -0.05) is 41.4 Å². The molecule has 1 fully saturated rings. The van der Waals surface area contributed by atoms with E-state index in [1.54, 1.807) is 16.7 Å². The summed E-state index contributed by atoms with van der Waals surface area (Å²) < 4.78 is 1.70. The highest BCUT2D eigenvalue weighted by molar-refractivity contribution is 6.36. The Morgan fingerprint density at radius 2 is 1.77 bits per heavy atom. The molecule has 0 bridgehead atoms. The van der Waals surface area contributed by atoms with E-state index in [4.69, 9.17) is 23.2 Å². The Labute approximate surface area is 161 Å². The van der Waals surface area contributed by atoms with Gasteiger partial charge >= 0.3 is 0 Å². The third-order valence-electron chi connectivity index (χ3n) is 4.71. The summed E-state index contributed by atoms with van der Waals surface area (Å²) in [5.74, 6) is -0.0407. The number of piperazine rings is 1. The lowest BCUT2D eigenvalue weighted by Gasteiger charge is -2.36.